The first kappa shape index (κ1) is 22.4. The molecule has 6 nitrogen and oxygen atoms in total. The number of hydrogen-bond acceptors (Lipinski definition) is 4. The smallest absolute Gasteiger partial charge is 0.191 e. The molecule has 2 fully saturated rings. The third-order valence-corrected chi connectivity index (χ3v) is 5.74. The molecular formula is C21H41N3O3. The summed E-state index contributed by atoms with van der Waals surface area (Å²) >= 11 is 0. The summed E-state index contributed by atoms with van der Waals surface area (Å²) < 4.78 is 17.2. The van der Waals surface area contributed by atoms with Gasteiger partial charge in [0.2, 0.25) is 0 Å². The zero-order valence-electron chi connectivity index (χ0n) is 17.9. The molecule has 1 heterocycles. The molecule has 1 aliphatic heterocycles. The van der Waals surface area contributed by atoms with Crippen LogP contribution in [0.1, 0.15) is 59.8 Å². The average molecular weight is 384 g/mol. The minimum atomic E-state index is 0.135. The number of unbranched alkanes of at least 4 members (excludes halogenated alkanes) is 1. The molecule has 3 unspecified atom stereocenters. The molecule has 3 atom stereocenters. The van der Waals surface area contributed by atoms with E-state index in [-0.39, 0.29) is 5.41 Å². The Balaban J connectivity index is 1.65. The van der Waals surface area contributed by atoms with Crippen LogP contribution in [0.2, 0.25) is 0 Å². The lowest BCUT2D eigenvalue weighted by Crippen LogP contribution is -2.63. The van der Waals surface area contributed by atoms with Crippen molar-refractivity contribution in [2.45, 2.75) is 71.9 Å². The number of aliphatic imine (C=N–C) groups is 1. The topological polar surface area (TPSA) is 64.1 Å². The zero-order valence-corrected chi connectivity index (χ0v) is 17.9. The van der Waals surface area contributed by atoms with Crippen LogP contribution in [-0.4, -0.2) is 64.2 Å². The Morgan fingerprint density at radius 1 is 1.22 bits per heavy atom. The van der Waals surface area contributed by atoms with E-state index in [0.717, 1.165) is 77.8 Å². The SMILES string of the molecule is CCCCOC1CC(NC(=NCCCOCC2CCOC2)NCC)C1(C)C. The van der Waals surface area contributed by atoms with E-state index in [4.69, 9.17) is 19.2 Å². The van der Waals surface area contributed by atoms with Gasteiger partial charge < -0.3 is 24.8 Å². The van der Waals surface area contributed by atoms with Crippen molar-refractivity contribution in [1.29, 1.82) is 0 Å². The summed E-state index contributed by atoms with van der Waals surface area (Å²) in [5.41, 5.74) is 0.135. The standard InChI is InChI=1S/C21H41N3O3/c1-5-7-12-27-19-14-18(21(19,3)4)24-20(22-6-2)23-10-8-11-25-15-17-9-13-26-16-17/h17-19H,5-16H2,1-4H3,(H2,22,23,24). The lowest BCUT2D eigenvalue weighted by molar-refractivity contribution is -0.113. The van der Waals surface area contributed by atoms with Gasteiger partial charge in [0.1, 0.15) is 0 Å². The quantitative estimate of drug-likeness (QED) is 0.308. The first-order valence-electron chi connectivity index (χ1n) is 10.9. The zero-order chi connectivity index (χ0) is 19.5. The Morgan fingerprint density at radius 2 is 2.07 bits per heavy atom. The average Bonchev–Trinajstić information content (AvgIpc) is 3.16. The van der Waals surface area contributed by atoms with E-state index in [0.29, 0.717) is 18.1 Å². The van der Waals surface area contributed by atoms with Gasteiger partial charge in [0, 0.05) is 50.3 Å². The van der Waals surface area contributed by atoms with Gasteiger partial charge in [-0.3, -0.25) is 4.99 Å². The summed E-state index contributed by atoms with van der Waals surface area (Å²) in [6, 6.07) is 0.403. The van der Waals surface area contributed by atoms with Gasteiger partial charge in [-0.05, 0) is 32.6 Å². The summed E-state index contributed by atoms with van der Waals surface area (Å²) in [6.45, 7) is 14.7. The first-order valence-corrected chi connectivity index (χ1v) is 10.9. The summed E-state index contributed by atoms with van der Waals surface area (Å²) in [7, 11) is 0. The number of hydrogen-bond donors (Lipinski definition) is 2. The molecule has 0 aromatic carbocycles. The van der Waals surface area contributed by atoms with Crippen molar-refractivity contribution in [3.05, 3.63) is 0 Å². The monoisotopic (exact) mass is 383 g/mol. The van der Waals surface area contributed by atoms with E-state index in [9.17, 15) is 0 Å². The van der Waals surface area contributed by atoms with Crippen molar-refractivity contribution in [2.24, 2.45) is 16.3 Å². The molecule has 1 saturated carbocycles. The van der Waals surface area contributed by atoms with Crippen molar-refractivity contribution in [2.75, 3.05) is 46.1 Å². The molecule has 2 rings (SSSR count). The van der Waals surface area contributed by atoms with Gasteiger partial charge in [0.05, 0.1) is 19.3 Å². The van der Waals surface area contributed by atoms with E-state index >= 15 is 0 Å². The summed E-state index contributed by atoms with van der Waals surface area (Å²) in [5, 5.41) is 6.97. The summed E-state index contributed by atoms with van der Waals surface area (Å²) in [4.78, 5) is 4.72. The third kappa shape index (κ3) is 7.24. The number of nitrogens with zero attached hydrogens (tertiary/aromatic N) is 1. The lowest BCUT2D eigenvalue weighted by atomic mass is 9.64. The highest BCUT2D eigenvalue weighted by Gasteiger charge is 2.49. The van der Waals surface area contributed by atoms with Crippen molar-refractivity contribution in [3.63, 3.8) is 0 Å². The van der Waals surface area contributed by atoms with E-state index in [1.165, 1.54) is 6.42 Å². The molecule has 0 aromatic heterocycles. The first-order chi connectivity index (χ1) is 13.1. The number of nitrogens with one attached hydrogen (secondary N) is 2. The van der Waals surface area contributed by atoms with Crippen LogP contribution in [0.15, 0.2) is 4.99 Å². The fraction of sp³-hybridized carbons (Fsp3) is 0.952. The molecule has 2 N–H and O–H groups in total. The number of guanidine groups is 1. The van der Waals surface area contributed by atoms with Crippen LogP contribution < -0.4 is 10.6 Å². The number of ether oxygens (including phenoxy) is 3. The maximum Gasteiger partial charge on any atom is 0.191 e. The van der Waals surface area contributed by atoms with Crippen LogP contribution in [0.25, 0.3) is 0 Å². The second-order valence-electron chi connectivity index (χ2n) is 8.39. The van der Waals surface area contributed by atoms with Crippen LogP contribution in [0.3, 0.4) is 0 Å². The maximum absolute atomic E-state index is 6.05. The molecule has 27 heavy (non-hydrogen) atoms. The van der Waals surface area contributed by atoms with E-state index in [1.807, 2.05) is 0 Å². The normalized spacial score (nSPS) is 27.4. The Bertz CT molecular complexity index is 436. The molecular weight excluding hydrogens is 342 g/mol. The molecule has 0 bridgehead atoms. The Kier molecular flexibility index (Phi) is 9.87. The van der Waals surface area contributed by atoms with Gasteiger partial charge in [-0.1, -0.05) is 27.2 Å². The van der Waals surface area contributed by atoms with Crippen molar-refractivity contribution in [1.82, 2.24) is 10.6 Å². The van der Waals surface area contributed by atoms with Gasteiger partial charge in [0.25, 0.3) is 0 Å². The second kappa shape index (κ2) is 11.9. The molecule has 2 aliphatic rings. The van der Waals surface area contributed by atoms with Crippen molar-refractivity contribution in [3.8, 4) is 0 Å². The third-order valence-electron chi connectivity index (χ3n) is 5.74. The minimum absolute atomic E-state index is 0.135. The highest BCUT2D eigenvalue weighted by atomic mass is 16.5. The van der Waals surface area contributed by atoms with Gasteiger partial charge in [-0.2, -0.15) is 0 Å². The van der Waals surface area contributed by atoms with Gasteiger partial charge >= 0.3 is 0 Å². The van der Waals surface area contributed by atoms with Crippen molar-refractivity contribution >= 4 is 5.96 Å². The predicted octanol–water partition coefficient (Wildman–Crippen LogP) is 2.97. The highest BCUT2D eigenvalue weighted by Crippen LogP contribution is 2.42. The van der Waals surface area contributed by atoms with E-state index in [1.54, 1.807) is 0 Å². The fourth-order valence-corrected chi connectivity index (χ4v) is 3.59. The Morgan fingerprint density at radius 3 is 2.74 bits per heavy atom. The number of rotatable bonds is 12. The summed E-state index contributed by atoms with van der Waals surface area (Å²) in [6.07, 6.45) is 5.80. The van der Waals surface area contributed by atoms with Gasteiger partial charge in [-0.25, -0.2) is 0 Å². The second-order valence-corrected chi connectivity index (χ2v) is 8.39. The van der Waals surface area contributed by atoms with E-state index < -0.39 is 0 Å². The predicted molar refractivity (Wildman–Crippen MR) is 110 cm³/mol. The molecule has 0 aromatic rings. The molecule has 1 aliphatic carbocycles. The molecule has 6 heteroatoms. The van der Waals surface area contributed by atoms with Crippen LogP contribution in [0.4, 0.5) is 0 Å². The molecule has 0 amide bonds. The maximum atomic E-state index is 6.05. The van der Waals surface area contributed by atoms with Gasteiger partial charge in [0.15, 0.2) is 5.96 Å². The Hall–Kier alpha value is -0.850. The minimum Gasteiger partial charge on any atom is -0.381 e. The summed E-state index contributed by atoms with van der Waals surface area (Å²) in [5.74, 6) is 1.49. The molecule has 1 saturated heterocycles. The fourth-order valence-electron chi connectivity index (χ4n) is 3.59. The molecule has 0 radical (unpaired) electrons. The van der Waals surface area contributed by atoms with Crippen LogP contribution in [-0.2, 0) is 14.2 Å². The largest absolute Gasteiger partial charge is 0.381 e. The highest BCUT2D eigenvalue weighted by molar-refractivity contribution is 5.80. The van der Waals surface area contributed by atoms with Crippen LogP contribution in [0, 0.1) is 11.3 Å². The lowest BCUT2D eigenvalue weighted by Gasteiger charge is -2.52. The van der Waals surface area contributed by atoms with Gasteiger partial charge in [-0.15, -0.1) is 0 Å². The molecule has 158 valence electrons. The van der Waals surface area contributed by atoms with E-state index in [2.05, 4.69) is 38.3 Å². The van der Waals surface area contributed by atoms with Crippen LogP contribution in [0.5, 0.6) is 0 Å². The van der Waals surface area contributed by atoms with Crippen molar-refractivity contribution < 1.29 is 14.2 Å². The van der Waals surface area contributed by atoms with Crippen LogP contribution >= 0.6 is 0 Å². The molecule has 0 spiro atoms. The Labute approximate surface area is 165 Å².